The van der Waals surface area contributed by atoms with Crippen LogP contribution in [0.25, 0.3) is 70.6 Å². The molecule has 0 aliphatic heterocycles. The van der Waals surface area contributed by atoms with E-state index < -0.39 is 0 Å². The minimum absolute atomic E-state index is 0.193. The predicted octanol–water partition coefficient (Wildman–Crippen LogP) is 10.4. The van der Waals surface area contributed by atoms with Gasteiger partial charge in [-0.3, -0.25) is 0 Å². The Balaban J connectivity index is 1.45. The lowest BCUT2D eigenvalue weighted by Gasteiger charge is -2.22. The summed E-state index contributed by atoms with van der Waals surface area (Å²) in [6.45, 7) is 12.0. The highest BCUT2D eigenvalue weighted by Crippen LogP contribution is 2.51. The molecule has 2 heteroatoms. The summed E-state index contributed by atoms with van der Waals surface area (Å²) in [6.07, 6.45) is 0. The summed E-state index contributed by atoms with van der Waals surface area (Å²) >= 11 is 0. The van der Waals surface area contributed by atoms with Gasteiger partial charge < -0.3 is 4.42 Å². The van der Waals surface area contributed by atoms with Crippen molar-refractivity contribution in [2.75, 3.05) is 0 Å². The highest BCUT2D eigenvalue weighted by atomic mass is 16.3. The fraction of sp³-hybridized carbons (Fsp3) is 0.0833. The van der Waals surface area contributed by atoms with Crippen molar-refractivity contribution in [2.24, 2.45) is 0 Å². The van der Waals surface area contributed by atoms with Crippen LogP contribution in [0.15, 0.2) is 108 Å². The van der Waals surface area contributed by atoms with Crippen LogP contribution >= 0.6 is 0 Å². The van der Waals surface area contributed by atoms with E-state index >= 15 is 0 Å². The number of hydrogen-bond acceptors (Lipinski definition) is 1. The van der Waals surface area contributed by atoms with Crippen molar-refractivity contribution in [3.63, 3.8) is 0 Å². The molecule has 0 unspecified atom stereocenters. The Labute approximate surface area is 220 Å². The van der Waals surface area contributed by atoms with Crippen molar-refractivity contribution in [3.8, 4) is 22.3 Å². The molecule has 6 aromatic carbocycles. The van der Waals surface area contributed by atoms with E-state index in [0.717, 1.165) is 22.3 Å². The van der Waals surface area contributed by atoms with Crippen LogP contribution in [-0.4, -0.2) is 0 Å². The molecule has 1 aromatic heterocycles. The van der Waals surface area contributed by atoms with Crippen molar-refractivity contribution in [1.82, 2.24) is 0 Å². The third-order valence-electron chi connectivity index (χ3n) is 8.45. The molecule has 1 aliphatic carbocycles. The summed E-state index contributed by atoms with van der Waals surface area (Å²) in [5.41, 5.74) is 9.57. The first-order valence-corrected chi connectivity index (χ1v) is 13.0. The van der Waals surface area contributed by atoms with Gasteiger partial charge >= 0.3 is 0 Å². The molecule has 7 aromatic rings. The van der Waals surface area contributed by atoms with Gasteiger partial charge in [-0.05, 0) is 67.6 Å². The first-order valence-electron chi connectivity index (χ1n) is 13.0. The van der Waals surface area contributed by atoms with Crippen molar-refractivity contribution >= 4 is 49.2 Å². The maximum atomic E-state index is 7.50. The molecule has 8 rings (SSSR count). The summed E-state index contributed by atoms with van der Waals surface area (Å²) in [6, 6.07) is 36.6. The largest absolute Gasteiger partial charge is 0.455 e. The number of hydrogen-bond donors (Lipinski definition) is 0. The molecule has 0 spiro atoms. The number of benzene rings is 6. The predicted molar refractivity (Wildman–Crippen MR) is 158 cm³/mol. The Morgan fingerprint density at radius 3 is 2.11 bits per heavy atom. The maximum Gasteiger partial charge on any atom is 0.187 e. The highest BCUT2D eigenvalue weighted by molar-refractivity contribution is 6.28. The van der Waals surface area contributed by atoms with Gasteiger partial charge in [0.25, 0.3) is 0 Å². The van der Waals surface area contributed by atoms with Gasteiger partial charge in [0.2, 0.25) is 0 Å². The first-order chi connectivity index (χ1) is 18.5. The van der Waals surface area contributed by atoms with Crippen LogP contribution in [0.1, 0.15) is 25.0 Å². The fourth-order valence-electron chi connectivity index (χ4n) is 6.56. The average Bonchev–Trinajstić information content (AvgIpc) is 3.46. The minimum atomic E-state index is -0.193. The molecule has 178 valence electrons. The van der Waals surface area contributed by atoms with Crippen LogP contribution in [0.3, 0.4) is 0 Å². The van der Waals surface area contributed by atoms with Gasteiger partial charge in [-0.1, -0.05) is 98.8 Å². The van der Waals surface area contributed by atoms with Gasteiger partial charge in [0.05, 0.1) is 6.57 Å². The minimum Gasteiger partial charge on any atom is -0.455 e. The fourth-order valence-corrected chi connectivity index (χ4v) is 6.56. The standard InChI is InChI=1S/C36H23NO/c1-36(2)30-19-23(12-15-27(30)28-16-14-24(37-3)20-31(28)36)29-18-22-9-5-7-11-26(22)34-33-25-10-6-4-8-21(25)13-17-32(33)38-35(29)34/h4-20H,1-2H3. The van der Waals surface area contributed by atoms with Crippen molar-refractivity contribution < 1.29 is 4.42 Å². The van der Waals surface area contributed by atoms with Gasteiger partial charge in [-0.25, -0.2) is 4.85 Å². The molecule has 0 radical (unpaired) electrons. The lowest BCUT2D eigenvalue weighted by molar-refractivity contribution is 0.660. The molecular formula is C36H23NO. The second kappa shape index (κ2) is 7.34. The smallest absolute Gasteiger partial charge is 0.187 e. The lowest BCUT2D eigenvalue weighted by Crippen LogP contribution is -2.14. The molecule has 1 aliphatic rings. The molecule has 0 atom stereocenters. The second-order valence-corrected chi connectivity index (χ2v) is 10.8. The van der Waals surface area contributed by atoms with E-state index in [4.69, 9.17) is 11.0 Å². The number of nitrogens with zero attached hydrogens (tertiary/aromatic N) is 1. The van der Waals surface area contributed by atoms with Crippen LogP contribution in [0, 0.1) is 6.57 Å². The molecule has 38 heavy (non-hydrogen) atoms. The SMILES string of the molecule is [C-]#[N+]c1ccc2c(c1)C(C)(C)c1cc(-c3cc4ccccc4c4c3oc3ccc5ccccc5c34)ccc1-2. The van der Waals surface area contributed by atoms with Crippen molar-refractivity contribution in [3.05, 3.63) is 126 Å². The third kappa shape index (κ3) is 2.71. The van der Waals surface area contributed by atoms with Gasteiger partial charge in [-0.2, -0.15) is 0 Å². The summed E-state index contributed by atoms with van der Waals surface area (Å²) in [4.78, 5) is 3.68. The average molecular weight is 486 g/mol. The van der Waals surface area contributed by atoms with Crippen LogP contribution in [0.4, 0.5) is 5.69 Å². The van der Waals surface area contributed by atoms with E-state index in [1.165, 1.54) is 54.6 Å². The normalized spacial score (nSPS) is 13.7. The van der Waals surface area contributed by atoms with E-state index in [9.17, 15) is 0 Å². The molecular weight excluding hydrogens is 462 g/mol. The van der Waals surface area contributed by atoms with E-state index in [-0.39, 0.29) is 5.41 Å². The Morgan fingerprint density at radius 1 is 0.632 bits per heavy atom. The first kappa shape index (κ1) is 21.2. The van der Waals surface area contributed by atoms with Crippen LogP contribution in [0.2, 0.25) is 0 Å². The Morgan fingerprint density at radius 2 is 1.32 bits per heavy atom. The zero-order valence-corrected chi connectivity index (χ0v) is 21.2. The van der Waals surface area contributed by atoms with Crippen molar-refractivity contribution in [2.45, 2.75) is 19.3 Å². The molecule has 0 fully saturated rings. The zero-order valence-electron chi connectivity index (χ0n) is 21.2. The summed E-state index contributed by atoms with van der Waals surface area (Å²) < 4.78 is 6.68. The van der Waals surface area contributed by atoms with Crippen molar-refractivity contribution in [1.29, 1.82) is 0 Å². The monoisotopic (exact) mass is 485 g/mol. The van der Waals surface area contributed by atoms with E-state index in [2.05, 4.69) is 116 Å². The number of fused-ring (bicyclic) bond motifs is 10. The molecule has 0 amide bonds. The van der Waals surface area contributed by atoms with Crippen LogP contribution in [-0.2, 0) is 5.41 Å². The molecule has 2 nitrogen and oxygen atoms in total. The zero-order chi connectivity index (χ0) is 25.6. The third-order valence-corrected chi connectivity index (χ3v) is 8.45. The summed E-state index contributed by atoms with van der Waals surface area (Å²) in [5, 5.41) is 7.20. The Kier molecular flexibility index (Phi) is 4.10. The van der Waals surface area contributed by atoms with Crippen LogP contribution in [0.5, 0.6) is 0 Å². The van der Waals surface area contributed by atoms with Crippen LogP contribution < -0.4 is 0 Å². The molecule has 1 heterocycles. The van der Waals surface area contributed by atoms with E-state index in [1.54, 1.807) is 0 Å². The summed E-state index contributed by atoms with van der Waals surface area (Å²) in [5.74, 6) is 0. The lowest BCUT2D eigenvalue weighted by atomic mass is 9.81. The van der Waals surface area contributed by atoms with Gasteiger partial charge in [0, 0.05) is 21.8 Å². The summed E-state index contributed by atoms with van der Waals surface area (Å²) in [7, 11) is 0. The Hall–Kier alpha value is -4.87. The van der Waals surface area contributed by atoms with Gasteiger partial charge in [0.1, 0.15) is 11.2 Å². The van der Waals surface area contributed by atoms with Gasteiger partial charge in [0.15, 0.2) is 5.69 Å². The highest BCUT2D eigenvalue weighted by Gasteiger charge is 2.35. The Bertz CT molecular complexity index is 2170. The van der Waals surface area contributed by atoms with E-state index in [0.29, 0.717) is 5.69 Å². The molecule has 0 saturated heterocycles. The quantitative estimate of drug-likeness (QED) is 0.211. The van der Waals surface area contributed by atoms with Gasteiger partial charge in [-0.15, -0.1) is 0 Å². The second-order valence-electron chi connectivity index (χ2n) is 10.8. The molecule has 0 N–H and O–H groups in total. The van der Waals surface area contributed by atoms with E-state index in [1.807, 2.05) is 6.07 Å². The maximum absolute atomic E-state index is 7.50. The molecule has 0 saturated carbocycles. The number of rotatable bonds is 1. The molecule has 0 bridgehead atoms. The topological polar surface area (TPSA) is 17.5 Å². The number of furan rings is 1.